The molecule has 0 saturated carbocycles. The van der Waals surface area contributed by atoms with Crippen LogP contribution < -0.4 is 14.2 Å². The van der Waals surface area contributed by atoms with Crippen molar-refractivity contribution in [2.24, 2.45) is 0 Å². The standard InChI is InChI=1S/C24H30N2O4/c1-16(2)25(3)24(27)14-26-13-19(18-7-10-22-23(12-18)30-15-29-22)11-21(26)17-5-8-20(28-4)9-6-17/h5-10,12,16,19,21H,11,13-15H2,1-4H3. The van der Waals surface area contributed by atoms with Crippen LogP contribution in [0.4, 0.5) is 0 Å². The highest BCUT2D eigenvalue weighted by atomic mass is 16.7. The van der Waals surface area contributed by atoms with Gasteiger partial charge < -0.3 is 19.1 Å². The van der Waals surface area contributed by atoms with Crippen molar-refractivity contribution in [3.05, 3.63) is 53.6 Å². The first kappa shape index (κ1) is 20.5. The number of likely N-dealkylation sites (N-methyl/N-ethyl adjacent to an activating group) is 1. The number of methoxy groups -OCH3 is 1. The number of fused-ring (bicyclic) bond motifs is 1. The SMILES string of the molecule is COc1ccc(C2CC(c3ccc4c(c3)OCO4)CN2CC(=O)N(C)C(C)C)cc1. The number of ether oxygens (including phenoxy) is 3. The summed E-state index contributed by atoms with van der Waals surface area (Å²) < 4.78 is 16.3. The summed E-state index contributed by atoms with van der Waals surface area (Å²) in [5.74, 6) is 2.92. The number of hydrogen-bond donors (Lipinski definition) is 0. The quantitative estimate of drug-likeness (QED) is 0.725. The van der Waals surface area contributed by atoms with E-state index >= 15 is 0 Å². The molecule has 0 bridgehead atoms. The van der Waals surface area contributed by atoms with Gasteiger partial charge in [-0.05, 0) is 61.6 Å². The molecule has 160 valence electrons. The van der Waals surface area contributed by atoms with Gasteiger partial charge in [-0.1, -0.05) is 18.2 Å². The van der Waals surface area contributed by atoms with Crippen molar-refractivity contribution >= 4 is 5.91 Å². The Morgan fingerprint density at radius 1 is 1.13 bits per heavy atom. The summed E-state index contributed by atoms with van der Waals surface area (Å²) in [7, 11) is 3.55. The molecule has 1 saturated heterocycles. The summed E-state index contributed by atoms with van der Waals surface area (Å²) in [4.78, 5) is 17.0. The van der Waals surface area contributed by atoms with Crippen molar-refractivity contribution in [1.82, 2.24) is 9.80 Å². The summed E-state index contributed by atoms with van der Waals surface area (Å²) in [5, 5.41) is 0. The lowest BCUT2D eigenvalue weighted by molar-refractivity contribution is -0.132. The van der Waals surface area contributed by atoms with Gasteiger partial charge in [-0.2, -0.15) is 0 Å². The molecule has 2 aromatic carbocycles. The molecule has 1 amide bonds. The molecule has 2 atom stereocenters. The Morgan fingerprint density at radius 3 is 2.53 bits per heavy atom. The summed E-state index contributed by atoms with van der Waals surface area (Å²) in [5.41, 5.74) is 2.43. The van der Waals surface area contributed by atoms with E-state index in [4.69, 9.17) is 14.2 Å². The van der Waals surface area contributed by atoms with Crippen LogP contribution >= 0.6 is 0 Å². The number of likely N-dealkylation sites (tertiary alicyclic amines) is 1. The number of benzene rings is 2. The number of rotatable bonds is 6. The second kappa shape index (κ2) is 8.56. The van der Waals surface area contributed by atoms with Crippen LogP contribution in [0.25, 0.3) is 0 Å². The number of carbonyl (C=O) groups excluding carboxylic acids is 1. The lowest BCUT2D eigenvalue weighted by Gasteiger charge is -2.28. The average molecular weight is 411 g/mol. The molecule has 0 aromatic heterocycles. The van der Waals surface area contributed by atoms with E-state index in [0.29, 0.717) is 12.5 Å². The minimum absolute atomic E-state index is 0.148. The first-order chi connectivity index (χ1) is 14.5. The van der Waals surface area contributed by atoms with Crippen LogP contribution in [0.15, 0.2) is 42.5 Å². The summed E-state index contributed by atoms with van der Waals surface area (Å²) in [6.45, 7) is 5.59. The van der Waals surface area contributed by atoms with Gasteiger partial charge in [0.25, 0.3) is 0 Å². The van der Waals surface area contributed by atoms with Gasteiger partial charge in [-0.25, -0.2) is 0 Å². The normalized spacial score (nSPS) is 20.6. The van der Waals surface area contributed by atoms with Gasteiger partial charge in [0.2, 0.25) is 12.7 Å². The van der Waals surface area contributed by atoms with Crippen LogP contribution in [-0.2, 0) is 4.79 Å². The van der Waals surface area contributed by atoms with E-state index < -0.39 is 0 Å². The predicted octanol–water partition coefficient (Wildman–Crippen LogP) is 3.82. The summed E-state index contributed by atoms with van der Waals surface area (Å²) >= 11 is 0. The number of amides is 1. The van der Waals surface area contributed by atoms with Crippen molar-refractivity contribution in [2.75, 3.05) is 34.0 Å². The van der Waals surface area contributed by atoms with E-state index in [9.17, 15) is 4.79 Å². The minimum atomic E-state index is 0.148. The van der Waals surface area contributed by atoms with Gasteiger partial charge in [0.05, 0.1) is 13.7 Å². The highest BCUT2D eigenvalue weighted by Crippen LogP contribution is 2.43. The monoisotopic (exact) mass is 410 g/mol. The molecule has 2 aliphatic heterocycles. The van der Waals surface area contributed by atoms with E-state index in [1.165, 1.54) is 11.1 Å². The van der Waals surface area contributed by atoms with Crippen molar-refractivity contribution in [3.8, 4) is 17.2 Å². The van der Waals surface area contributed by atoms with E-state index in [0.717, 1.165) is 30.2 Å². The number of nitrogens with zero attached hydrogens (tertiary/aromatic N) is 2. The molecule has 2 aromatic rings. The smallest absolute Gasteiger partial charge is 0.236 e. The Bertz CT molecular complexity index is 897. The second-order valence-corrected chi connectivity index (χ2v) is 8.36. The third kappa shape index (κ3) is 4.10. The fourth-order valence-electron chi connectivity index (χ4n) is 4.23. The molecule has 6 nitrogen and oxygen atoms in total. The molecule has 2 unspecified atom stereocenters. The fraction of sp³-hybridized carbons (Fsp3) is 0.458. The van der Waals surface area contributed by atoms with Gasteiger partial charge in [-0.15, -0.1) is 0 Å². The van der Waals surface area contributed by atoms with Gasteiger partial charge in [0.1, 0.15) is 5.75 Å². The Balaban J connectivity index is 1.58. The molecular formula is C24H30N2O4. The molecule has 4 rings (SSSR count). The zero-order valence-electron chi connectivity index (χ0n) is 18.1. The first-order valence-corrected chi connectivity index (χ1v) is 10.5. The zero-order chi connectivity index (χ0) is 21.3. The highest BCUT2D eigenvalue weighted by Gasteiger charge is 2.36. The second-order valence-electron chi connectivity index (χ2n) is 8.36. The molecule has 6 heteroatoms. The number of hydrogen-bond acceptors (Lipinski definition) is 5. The molecule has 0 aliphatic carbocycles. The molecule has 0 N–H and O–H groups in total. The van der Waals surface area contributed by atoms with Crippen molar-refractivity contribution in [3.63, 3.8) is 0 Å². The molecule has 1 fully saturated rings. The van der Waals surface area contributed by atoms with E-state index in [2.05, 4.69) is 29.2 Å². The van der Waals surface area contributed by atoms with Crippen molar-refractivity contribution in [2.45, 2.75) is 38.3 Å². The third-order valence-corrected chi connectivity index (χ3v) is 6.28. The average Bonchev–Trinajstić information content (AvgIpc) is 3.39. The van der Waals surface area contributed by atoms with E-state index in [-0.39, 0.29) is 24.8 Å². The maximum atomic E-state index is 12.8. The fourth-order valence-corrected chi connectivity index (χ4v) is 4.23. The van der Waals surface area contributed by atoms with Gasteiger partial charge in [0, 0.05) is 25.7 Å². The van der Waals surface area contributed by atoms with Gasteiger partial charge >= 0.3 is 0 Å². The van der Waals surface area contributed by atoms with Crippen LogP contribution in [0, 0.1) is 0 Å². The van der Waals surface area contributed by atoms with Crippen LogP contribution in [0.5, 0.6) is 17.2 Å². The van der Waals surface area contributed by atoms with E-state index in [1.54, 1.807) is 7.11 Å². The topological polar surface area (TPSA) is 51.2 Å². The lowest BCUT2D eigenvalue weighted by atomic mass is 9.93. The Kier molecular flexibility index (Phi) is 5.86. The Hall–Kier alpha value is -2.73. The Morgan fingerprint density at radius 2 is 1.83 bits per heavy atom. The third-order valence-electron chi connectivity index (χ3n) is 6.28. The highest BCUT2D eigenvalue weighted by molar-refractivity contribution is 5.78. The van der Waals surface area contributed by atoms with Crippen molar-refractivity contribution < 1.29 is 19.0 Å². The molecule has 0 spiro atoms. The Labute approximate surface area is 178 Å². The summed E-state index contributed by atoms with van der Waals surface area (Å²) in [6.07, 6.45) is 0.949. The predicted molar refractivity (Wildman–Crippen MR) is 115 cm³/mol. The van der Waals surface area contributed by atoms with Crippen LogP contribution in [0.2, 0.25) is 0 Å². The van der Waals surface area contributed by atoms with Crippen molar-refractivity contribution in [1.29, 1.82) is 0 Å². The molecular weight excluding hydrogens is 380 g/mol. The molecule has 30 heavy (non-hydrogen) atoms. The minimum Gasteiger partial charge on any atom is -0.497 e. The van der Waals surface area contributed by atoms with Gasteiger partial charge in [0.15, 0.2) is 11.5 Å². The zero-order valence-corrected chi connectivity index (χ0v) is 18.1. The molecule has 2 aliphatic rings. The van der Waals surface area contributed by atoms with Gasteiger partial charge in [-0.3, -0.25) is 9.69 Å². The lowest BCUT2D eigenvalue weighted by Crippen LogP contribution is -2.41. The molecule has 0 radical (unpaired) electrons. The maximum absolute atomic E-state index is 12.8. The molecule has 2 heterocycles. The van der Waals surface area contributed by atoms with Crippen LogP contribution in [0.3, 0.4) is 0 Å². The summed E-state index contributed by atoms with van der Waals surface area (Å²) in [6, 6.07) is 14.7. The largest absolute Gasteiger partial charge is 0.497 e. The first-order valence-electron chi connectivity index (χ1n) is 10.5. The number of carbonyl (C=O) groups is 1. The van der Waals surface area contributed by atoms with Crippen LogP contribution in [-0.4, -0.2) is 55.8 Å². The van der Waals surface area contributed by atoms with E-state index in [1.807, 2.05) is 44.0 Å². The van der Waals surface area contributed by atoms with Crippen LogP contribution in [0.1, 0.15) is 43.4 Å². The maximum Gasteiger partial charge on any atom is 0.236 e.